The van der Waals surface area contributed by atoms with Crippen molar-refractivity contribution in [3.05, 3.63) is 38.9 Å². The van der Waals surface area contributed by atoms with Crippen molar-refractivity contribution in [1.29, 1.82) is 0 Å². The molecule has 1 unspecified atom stereocenters. The summed E-state index contributed by atoms with van der Waals surface area (Å²) < 4.78 is 0. The highest BCUT2D eigenvalue weighted by Crippen LogP contribution is 2.24. The van der Waals surface area contributed by atoms with E-state index in [1.165, 1.54) is 18.2 Å². The molecule has 1 rings (SSSR count). The number of carbonyl (C=O) groups is 1. The predicted molar refractivity (Wildman–Crippen MR) is 78.0 cm³/mol. The van der Waals surface area contributed by atoms with Crippen molar-refractivity contribution < 1.29 is 9.72 Å². The molecule has 1 aromatic carbocycles. The fourth-order valence-electron chi connectivity index (χ4n) is 1.40. The van der Waals surface area contributed by atoms with Crippen LogP contribution in [0.3, 0.4) is 0 Å². The fourth-order valence-corrected chi connectivity index (χ4v) is 1.94. The largest absolute Gasteiger partial charge is 0.352 e. The Kier molecular flexibility index (Phi) is 6.11. The number of hydrogen-bond acceptors (Lipinski definition) is 4. The van der Waals surface area contributed by atoms with Gasteiger partial charge in [0.15, 0.2) is 0 Å². The average Bonchev–Trinajstić information content (AvgIpc) is 2.38. The summed E-state index contributed by atoms with van der Waals surface area (Å²) in [6.45, 7) is 2.61. The molecule has 0 aliphatic rings. The van der Waals surface area contributed by atoms with E-state index in [1.54, 1.807) is 11.8 Å². The second-order valence-corrected chi connectivity index (χ2v) is 5.70. The van der Waals surface area contributed by atoms with Gasteiger partial charge in [-0.3, -0.25) is 14.9 Å². The van der Waals surface area contributed by atoms with Gasteiger partial charge < -0.3 is 5.32 Å². The van der Waals surface area contributed by atoms with Gasteiger partial charge in [0.2, 0.25) is 0 Å². The maximum absolute atomic E-state index is 11.8. The Bertz CT molecular complexity index is 482. The summed E-state index contributed by atoms with van der Waals surface area (Å²) >= 11 is 7.41. The average molecular weight is 303 g/mol. The van der Waals surface area contributed by atoms with Crippen molar-refractivity contribution in [3.8, 4) is 0 Å². The Hall–Kier alpha value is -1.27. The minimum absolute atomic E-state index is 0.0255. The Morgan fingerprint density at radius 3 is 2.84 bits per heavy atom. The van der Waals surface area contributed by atoms with Gasteiger partial charge in [0.1, 0.15) is 5.02 Å². The first kappa shape index (κ1) is 15.8. The third-order valence-electron chi connectivity index (χ3n) is 2.64. The van der Waals surface area contributed by atoms with Crippen molar-refractivity contribution >= 4 is 35.0 Å². The predicted octanol–water partition coefficient (Wildman–Crippen LogP) is 3.12. The molecule has 0 spiro atoms. The van der Waals surface area contributed by atoms with Crippen LogP contribution in [-0.4, -0.2) is 28.9 Å². The van der Waals surface area contributed by atoms with E-state index in [-0.39, 0.29) is 22.2 Å². The number of benzene rings is 1. The normalized spacial score (nSPS) is 11.9. The fraction of sp³-hybridized carbons (Fsp3) is 0.417. The molecule has 104 valence electrons. The summed E-state index contributed by atoms with van der Waals surface area (Å²) in [6, 6.07) is 4.03. The highest BCUT2D eigenvalue weighted by atomic mass is 35.5. The molecule has 1 amide bonds. The SMILES string of the molecule is CSC(C)CCNC(=O)c1ccc(Cl)c([N+](=O)[O-])c1. The van der Waals surface area contributed by atoms with Gasteiger partial charge >= 0.3 is 0 Å². The molecule has 1 aromatic rings. The van der Waals surface area contributed by atoms with Gasteiger partial charge in [0.25, 0.3) is 11.6 Å². The highest BCUT2D eigenvalue weighted by Gasteiger charge is 2.16. The van der Waals surface area contributed by atoms with Crippen LogP contribution in [0.5, 0.6) is 0 Å². The number of nitrogens with one attached hydrogen (secondary N) is 1. The van der Waals surface area contributed by atoms with Gasteiger partial charge in [0.05, 0.1) is 4.92 Å². The van der Waals surface area contributed by atoms with E-state index in [0.29, 0.717) is 11.8 Å². The zero-order valence-electron chi connectivity index (χ0n) is 10.7. The summed E-state index contributed by atoms with van der Waals surface area (Å²) in [4.78, 5) is 21.9. The molecule has 1 N–H and O–H groups in total. The summed E-state index contributed by atoms with van der Waals surface area (Å²) in [6.07, 6.45) is 2.86. The van der Waals surface area contributed by atoms with E-state index in [1.807, 2.05) is 6.26 Å². The van der Waals surface area contributed by atoms with Crippen molar-refractivity contribution in [3.63, 3.8) is 0 Å². The van der Waals surface area contributed by atoms with Gasteiger partial charge in [-0.1, -0.05) is 18.5 Å². The van der Waals surface area contributed by atoms with Gasteiger partial charge in [-0.05, 0) is 24.8 Å². The second-order valence-electron chi connectivity index (χ2n) is 4.01. The molecular weight excluding hydrogens is 288 g/mol. The molecule has 0 aliphatic carbocycles. The number of nitrogens with zero attached hydrogens (tertiary/aromatic N) is 1. The molecular formula is C12H15ClN2O3S. The van der Waals surface area contributed by atoms with Crippen molar-refractivity contribution in [2.45, 2.75) is 18.6 Å². The molecule has 0 aromatic heterocycles. The Morgan fingerprint density at radius 2 is 2.26 bits per heavy atom. The van der Waals surface area contributed by atoms with Gasteiger partial charge in [-0.25, -0.2) is 0 Å². The van der Waals surface area contributed by atoms with Gasteiger partial charge in [0, 0.05) is 23.4 Å². The quantitative estimate of drug-likeness (QED) is 0.647. The minimum Gasteiger partial charge on any atom is -0.352 e. The molecule has 7 heteroatoms. The maximum Gasteiger partial charge on any atom is 0.288 e. The van der Waals surface area contributed by atoms with E-state index in [9.17, 15) is 14.9 Å². The highest BCUT2D eigenvalue weighted by molar-refractivity contribution is 7.99. The van der Waals surface area contributed by atoms with E-state index < -0.39 is 4.92 Å². The van der Waals surface area contributed by atoms with Crippen LogP contribution < -0.4 is 5.32 Å². The lowest BCUT2D eigenvalue weighted by Gasteiger charge is -2.09. The van der Waals surface area contributed by atoms with Gasteiger partial charge in [-0.2, -0.15) is 11.8 Å². The third kappa shape index (κ3) is 4.72. The van der Waals surface area contributed by atoms with Crippen molar-refractivity contribution in [1.82, 2.24) is 5.32 Å². The van der Waals surface area contributed by atoms with E-state index >= 15 is 0 Å². The molecule has 0 heterocycles. The van der Waals surface area contributed by atoms with Crippen LogP contribution >= 0.6 is 23.4 Å². The zero-order chi connectivity index (χ0) is 14.4. The molecule has 19 heavy (non-hydrogen) atoms. The molecule has 0 saturated heterocycles. The first-order valence-corrected chi connectivity index (χ1v) is 7.37. The van der Waals surface area contributed by atoms with E-state index in [2.05, 4.69) is 12.2 Å². The lowest BCUT2D eigenvalue weighted by atomic mass is 10.2. The summed E-state index contributed by atoms with van der Waals surface area (Å²) in [5.41, 5.74) is -0.0142. The van der Waals surface area contributed by atoms with Crippen LogP contribution in [-0.2, 0) is 0 Å². The molecule has 5 nitrogen and oxygen atoms in total. The molecule has 1 atom stereocenters. The minimum atomic E-state index is -0.602. The van der Waals surface area contributed by atoms with Gasteiger partial charge in [-0.15, -0.1) is 0 Å². The van der Waals surface area contributed by atoms with Crippen LogP contribution in [0.15, 0.2) is 18.2 Å². The van der Waals surface area contributed by atoms with Crippen LogP contribution in [0, 0.1) is 10.1 Å². The standard InChI is InChI=1S/C12H15ClN2O3S/c1-8(19-2)5-6-14-12(16)9-3-4-10(13)11(7-9)15(17)18/h3-4,7-8H,5-6H2,1-2H3,(H,14,16). The molecule has 0 radical (unpaired) electrons. The lowest BCUT2D eigenvalue weighted by Crippen LogP contribution is -2.26. The summed E-state index contributed by atoms with van der Waals surface area (Å²) in [7, 11) is 0. The second kappa shape index (κ2) is 7.35. The van der Waals surface area contributed by atoms with Crippen molar-refractivity contribution in [2.75, 3.05) is 12.8 Å². The number of thioether (sulfide) groups is 1. The number of nitro benzene ring substituents is 1. The van der Waals surface area contributed by atoms with Crippen LogP contribution in [0.25, 0.3) is 0 Å². The first-order chi connectivity index (χ1) is 8.95. The number of rotatable bonds is 6. The number of hydrogen-bond donors (Lipinski definition) is 1. The Morgan fingerprint density at radius 1 is 1.58 bits per heavy atom. The van der Waals surface area contributed by atoms with Crippen LogP contribution in [0.2, 0.25) is 5.02 Å². The zero-order valence-corrected chi connectivity index (χ0v) is 12.3. The summed E-state index contributed by atoms with van der Waals surface area (Å²) in [5.74, 6) is -0.326. The molecule has 0 saturated carbocycles. The van der Waals surface area contributed by atoms with Crippen LogP contribution in [0.4, 0.5) is 5.69 Å². The Labute approximate surface area is 120 Å². The number of carbonyl (C=O) groups excluding carboxylic acids is 1. The third-order valence-corrected chi connectivity index (χ3v) is 4.00. The summed E-state index contributed by atoms with van der Waals surface area (Å²) in [5, 5.41) is 13.9. The Balaban J connectivity index is 2.67. The number of halogens is 1. The number of amides is 1. The number of nitro groups is 1. The molecule has 0 bridgehead atoms. The topological polar surface area (TPSA) is 72.2 Å². The monoisotopic (exact) mass is 302 g/mol. The van der Waals surface area contributed by atoms with Crippen molar-refractivity contribution in [2.24, 2.45) is 0 Å². The molecule has 0 aliphatic heterocycles. The first-order valence-electron chi connectivity index (χ1n) is 5.70. The smallest absolute Gasteiger partial charge is 0.288 e. The van der Waals surface area contributed by atoms with E-state index in [4.69, 9.17) is 11.6 Å². The lowest BCUT2D eigenvalue weighted by molar-refractivity contribution is -0.384. The van der Waals surface area contributed by atoms with Crippen LogP contribution in [0.1, 0.15) is 23.7 Å². The molecule has 0 fully saturated rings. The van der Waals surface area contributed by atoms with E-state index in [0.717, 1.165) is 6.42 Å². The maximum atomic E-state index is 11.8.